The number of carbonyl (C=O) groups is 1. The van der Waals surface area contributed by atoms with Gasteiger partial charge in [-0.2, -0.15) is 0 Å². The zero-order chi connectivity index (χ0) is 15.8. The van der Waals surface area contributed by atoms with Gasteiger partial charge in [-0.1, -0.05) is 17.7 Å². The Balaban J connectivity index is 2.00. The first-order valence-electron chi connectivity index (χ1n) is 7.33. The van der Waals surface area contributed by atoms with Crippen molar-refractivity contribution in [3.63, 3.8) is 0 Å². The molecule has 1 aromatic rings. The molecule has 2 rings (SSSR count). The monoisotopic (exact) mass is 327 g/mol. The van der Waals surface area contributed by atoms with E-state index in [1.54, 1.807) is 7.11 Å². The van der Waals surface area contributed by atoms with E-state index in [2.05, 4.69) is 15.5 Å². The van der Waals surface area contributed by atoms with Crippen molar-refractivity contribution in [2.75, 3.05) is 63.3 Å². The summed E-state index contributed by atoms with van der Waals surface area (Å²) in [6, 6.07) is 5.53. The molecule has 0 saturated carbocycles. The van der Waals surface area contributed by atoms with Crippen LogP contribution >= 0.6 is 11.6 Å². The standard InChI is InChI=1S/C15H22ClN3O3/c1-21-8-5-17-11-14(20)18-13-4-2-3-12(16)15(13)19-6-9-22-10-7-19/h2-4,17H,5-11H2,1H3,(H,18,20). The number of nitrogens with zero attached hydrogens (tertiary/aromatic N) is 1. The van der Waals surface area contributed by atoms with E-state index in [0.29, 0.717) is 31.4 Å². The Kier molecular flexibility index (Phi) is 6.92. The van der Waals surface area contributed by atoms with Crippen molar-refractivity contribution >= 4 is 28.9 Å². The summed E-state index contributed by atoms with van der Waals surface area (Å²) in [6.45, 7) is 4.30. The minimum Gasteiger partial charge on any atom is -0.383 e. The van der Waals surface area contributed by atoms with Gasteiger partial charge < -0.3 is 25.0 Å². The highest BCUT2D eigenvalue weighted by Gasteiger charge is 2.18. The average molecular weight is 328 g/mol. The fraction of sp³-hybridized carbons (Fsp3) is 0.533. The molecule has 1 aromatic carbocycles. The lowest BCUT2D eigenvalue weighted by Crippen LogP contribution is -2.37. The summed E-state index contributed by atoms with van der Waals surface area (Å²) in [5.41, 5.74) is 1.59. The van der Waals surface area contributed by atoms with Crippen LogP contribution in [0.5, 0.6) is 0 Å². The molecule has 0 unspecified atom stereocenters. The van der Waals surface area contributed by atoms with Crippen LogP contribution in [-0.2, 0) is 14.3 Å². The maximum Gasteiger partial charge on any atom is 0.238 e. The zero-order valence-corrected chi connectivity index (χ0v) is 13.5. The molecule has 1 heterocycles. The van der Waals surface area contributed by atoms with Gasteiger partial charge in [-0.15, -0.1) is 0 Å². The van der Waals surface area contributed by atoms with Gasteiger partial charge >= 0.3 is 0 Å². The Morgan fingerprint density at radius 2 is 2.18 bits per heavy atom. The number of carbonyl (C=O) groups excluding carboxylic acids is 1. The second kappa shape index (κ2) is 8.95. The van der Waals surface area contributed by atoms with Crippen LogP contribution < -0.4 is 15.5 Å². The van der Waals surface area contributed by atoms with Crippen LogP contribution in [-0.4, -0.2) is 59.0 Å². The van der Waals surface area contributed by atoms with Crippen molar-refractivity contribution in [2.24, 2.45) is 0 Å². The number of rotatable bonds is 7. The van der Waals surface area contributed by atoms with Crippen LogP contribution in [0, 0.1) is 0 Å². The fourth-order valence-electron chi connectivity index (χ4n) is 2.30. The molecule has 1 fully saturated rings. The molecule has 22 heavy (non-hydrogen) atoms. The van der Waals surface area contributed by atoms with Gasteiger partial charge in [-0.25, -0.2) is 0 Å². The summed E-state index contributed by atoms with van der Waals surface area (Å²) >= 11 is 6.33. The summed E-state index contributed by atoms with van der Waals surface area (Å²) in [7, 11) is 1.63. The van der Waals surface area contributed by atoms with Crippen molar-refractivity contribution in [1.82, 2.24) is 5.32 Å². The number of halogens is 1. The third-order valence-corrected chi connectivity index (χ3v) is 3.66. The summed E-state index contributed by atoms with van der Waals surface area (Å²) in [5, 5.41) is 6.56. The van der Waals surface area contributed by atoms with Gasteiger partial charge in [0.2, 0.25) is 5.91 Å². The molecule has 6 nitrogen and oxygen atoms in total. The van der Waals surface area contributed by atoms with Crippen molar-refractivity contribution in [3.05, 3.63) is 23.2 Å². The lowest BCUT2D eigenvalue weighted by atomic mass is 10.2. The van der Waals surface area contributed by atoms with Crippen molar-refractivity contribution in [1.29, 1.82) is 0 Å². The summed E-state index contributed by atoms with van der Waals surface area (Å²) in [4.78, 5) is 14.2. The molecule has 1 saturated heterocycles. The quantitative estimate of drug-likeness (QED) is 0.740. The Labute approximate surface area is 135 Å². The van der Waals surface area contributed by atoms with E-state index in [1.165, 1.54) is 0 Å². The number of morpholine rings is 1. The first-order chi connectivity index (χ1) is 10.7. The number of anilines is 2. The van der Waals surface area contributed by atoms with E-state index < -0.39 is 0 Å². The lowest BCUT2D eigenvalue weighted by Gasteiger charge is -2.31. The van der Waals surface area contributed by atoms with E-state index >= 15 is 0 Å². The normalized spacial score (nSPS) is 14.9. The molecule has 7 heteroatoms. The summed E-state index contributed by atoms with van der Waals surface area (Å²) in [5.74, 6) is -0.104. The second-order valence-corrected chi connectivity index (χ2v) is 5.36. The highest BCUT2D eigenvalue weighted by atomic mass is 35.5. The van der Waals surface area contributed by atoms with E-state index in [4.69, 9.17) is 21.1 Å². The number of amides is 1. The molecule has 0 spiro atoms. The van der Waals surface area contributed by atoms with Crippen molar-refractivity contribution < 1.29 is 14.3 Å². The van der Waals surface area contributed by atoms with Crippen LogP contribution in [0.2, 0.25) is 5.02 Å². The number of nitrogens with one attached hydrogen (secondary N) is 2. The zero-order valence-electron chi connectivity index (χ0n) is 12.7. The van der Waals surface area contributed by atoms with Gasteiger partial charge in [0.25, 0.3) is 0 Å². The Hall–Kier alpha value is -1.34. The highest BCUT2D eigenvalue weighted by molar-refractivity contribution is 6.34. The molecular formula is C15H22ClN3O3. The van der Waals surface area contributed by atoms with E-state index in [-0.39, 0.29) is 12.5 Å². The number of methoxy groups -OCH3 is 1. The molecule has 0 atom stereocenters. The van der Waals surface area contributed by atoms with Gasteiger partial charge in [-0.3, -0.25) is 4.79 Å². The molecule has 1 aliphatic heterocycles. The molecule has 0 aromatic heterocycles. The minimum atomic E-state index is -0.104. The maximum atomic E-state index is 12.0. The maximum absolute atomic E-state index is 12.0. The van der Waals surface area contributed by atoms with Crippen LogP contribution in [0.25, 0.3) is 0 Å². The molecule has 1 amide bonds. The molecule has 0 radical (unpaired) electrons. The smallest absolute Gasteiger partial charge is 0.238 e. The fourth-order valence-corrected chi connectivity index (χ4v) is 2.59. The van der Waals surface area contributed by atoms with Crippen LogP contribution in [0.3, 0.4) is 0 Å². The second-order valence-electron chi connectivity index (χ2n) is 4.95. The first kappa shape index (κ1) is 17.0. The number of hydrogen-bond acceptors (Lipinski definition) is 5. The van der Waals surface area contributed by atoms with Crippen molar-refractivity contribution in [2.45, 2.75) is 0 Å². The highest BCUT2D eigenvalue weighted by Crippen LogP contribution is 2.34. The van der Waals surface area contributed by atoms with E-state index in [9.17, 15) is 4.79 Å². The SMILES string of the molecule is COCCNCC(=O)Nc1cccc(Cl)c1N1CCOCC1. The molecule has 0 aliphatic carbocycles. The molecule has 1 aliphatic rings. The van der Waals surface area contributed by atoms with Gasteiger partial charge in [0.15, 0.2) is 0 Å². The molecule has 122 valence electrons. The van der Waals surface area contributed by atoms with Crippen molar-refractivity contribution in [3.8, 4) is 0 Å². The van der Waals surface area contributed by atoms with Crippen LogP contribution in [0.15, 0.2) is 18.2 Å². The van der Waals surface area contributed by atoms with Gasteiger partial charge in [0, 0.05) is 26.7 Å². The third-order valence-electron chi connectivity index (χ3n) is 3.36. The molecule has 0 bridgehead atoms. The Morgan fingerprint density at radius 1 is 1.41 bits per heavy atom. The number of ether oxygens (including phenoxy) is 2. The average Bonchev–Trinajstić information content (AvgIpc) is 2.53. The van der Waals surface area contributed by atoms with E-state index in [1.807, 2.05) is 18.2 Å². The number of para-hydroxylation sites is 1. The number of benzene rings is 1. The van der Waals surface area contributed by atoms with Gasteiger partial charge in [0.1, 0.15) is 0 Å². The molecular weight excluding hydrogens is 306 g/mol. The topological polar surface area (TPSA) is 62.8 Å². The summed E-state index contributed by atoms with van der Waals surface area (Å²) < 4.78 is 10.3. The minimum absolute atomic E-state index is 0.104. The Bertz CT molecular complexity index is 493. The lowest BCUT2D eigenvalue weighted by molar-refractivity contribution is -0.115. The van der Waals surface area contributed by atoms with Crippen LogP contribution in [0.1, 0.15) is 0 Å². The summed E-state index contributed by atoms with van der Waals surface area (Å²) in [6.07, 6.45) is 0. The van der Waals surface area contributed by atoms with Gasteiger partial charge in [-0.05, 0) is 12.1 Å². The largest absolute Gasteiger partial charge is 0.383 e. The first-order valence-corrected chi connectivity index (χ1v) is 7.71. The van der Waals surface area contributed by atoms with Gasteiger partial charge in [0.05, 0.1) is 42.8 Å². The predicted octanol–water partition coefficient (Wildman–Crippen LogP) is 1.35. The predicted molar refractivity (Wildman–Crippen MR) is 87.9 cm³/mol. The van der Waals surface area contributed by atoms with E-state index in [0.717, 1.165) is 24.5 Å². The third kappa shape index (κ3) is 4.84. The Morgan fingerprint density at radius 3 is 2.91 bits per heavy atom. The molecule has 2 N–H and O–H groups in total. The van der Waals surface area contributed by atoms with Crippen LogP contribution in [0.4, 0.5) is 11.4 Å². The number of hydrogen-bond donors (Lipinski definition) is 2.